The van der Waals surface area contributed by atoms with Crippen molar-refractivity contribution in [3.8, 4) is 11.5 Å². The molecule has 0 amide bonds. The standard InChI is InChI=1S/C15H16N4O/c1-10(2)17-9-13-18-15(19-20-13)14-12-6-4-3-5-11(12)7-8-16-14/h3-8,10,17H,9H2,1-2H3. The molecule has 2 heterocycles. The normalized spacial score (nSPS) is 11.3. The molecule has 5 heteroatoms. The smallest absolute Gasteiger partial charge is 0.240 e. The number of hydrogen-bond donors (Lipinski definition) is 1. The van der Waals surface area contributed by atoms with Crippen LogP contribution in [0.15, 0.2) is 41.1 Å². The molecule has 0 atom stereocenters. The Morgan fingerprint density at radius 3 is 2.90 bits per heavy atom. The van der Waals surface area contributed by atoms with Gasteiger partial charge < -0.3 is 9.84 Å². The molecule has 0 aliphatic heterocycles. The zero-order chi connectivity index (χ0) is 13.9. The first kappa shape index (κ1) is 12.7. The summed E-state index contributed by atoms with van der Waals surface area (Å²) in [5, 5.41) is 9.41. The third-order valence-electron chi connectivity index (χ3n) is 3.02. The molecular weight excluding hydrogens is 252 g/mol. The van der Waals surface area contributed by atoms with Crippen LogP contribution in [0.2, 0.25) is 0 Å². The molecule has 0 saturated carbocycles. The summed E-state index contributed by atoms with van der Waals surface area (Å²) in [6.07, 6.45) is 1.76. The second kappa shape index (κ2) is 5.38. The predicted molar refractivity (Wildman–Crippen MR) is 77.0 cm³/mol. The van der Waals surface area contributed by atoms with Gasteiger partial charge in [0.2, 0.25) is 11.7 Å². The summed E-state index contributed by atoms with van der Waals surface area (Å²) < 4.78 is 5.25. The van der Waals surface area contributed by atoms with E-state index in [1.165, 1.54) is 0 Å². The lowest BCUT2D eigenvalue weighted by Crippen LogP contribution is -2.21. The van der Waals surface area contributed by atoms with Crippen molar-refractivity contribution in [3.63, 3.8) is 0 Å². The van der Waals surface area contributed by atoms with E-state index < -0.39 is 0 Å². The van der Waals surface area contributed by atoms with Gasteiger partial charge in [-0.15, -0.1) is 0 Å². The molecular formula is C15H16N4O. The summed E-state index contributed by atoms with van der Waals surface area (Å²) in [6.45, 7) is 4.71. The van der Waals surface area contributed by atoms with Crippen LogP contribution in [0.25, 0.3) is 22.3 Å². The second-order valence-corrected chi connectivity index (χ2v) is 4.93. The van der Waals surface area contributed by atoms with Crippen LogP contribution in [-0.2, 0) is 6.54 Å². The summed E-state index contributed by atoms with van der Waals surface area (Å²) in [6, 6.07) is 10.4. The minimum atomic E-state index is 0.376. The topological polar surface area (TPSA) is 63.8 Å². The molecule has 0 aliphatic carbocycles. The zero-order valence-corrected chi connectivity index (χ0v) is 11.5. The molecule has 3 aromatic rings. The lowest BCUT2D eigenvalue weighted by atomic mass is 10.1. The summed E-state index contributed by atoms with van der Waals surface area (Å²) >= 11 is 0. The Balaban J connectivity index is 1.95. The van der Waals surface area contributed by atoms with Crippen LogP contribution in [0.5, 0.6) is 0 Å². The van der Waals surface area contributed by atoms with Crippen molar-refractivity contribution in [2.45, 2.75) is 26.4 Å². The molecule has 0 spiro atoms. The van der Waals surface area contributed by atoms with Crippen LogP contribution in [-0.4, -0.2) is 21.2 Å². The molecule has 20 heavy (non-hydrogen) atoms. The average Bonchev–Trinajstić information content (AvgIpc) is 2.93. The molecule has 102 valence electrons. The highest BCUT2D eigenvalue weighted by Gasteiger charge is 2.12. The Morgan fingerprint density at radius 2 is 2.05 bits per heavy atom. The number of pyridine rings is 1. The minimum absolute atomic E-state index is 0.376. The number of rotatable bonds is 4. The number of aromatic nitrogens is 3. The van der Waals surface area contributed by atoms with E-state index in [0.717, 1.165) is 16.5 Å². The van der Waals surface area contributed by atoms with Gasteiger partial charge in [0.1, 0.15) is 5.69 Å². The van der Waals surface area contributed by atoms with Gasteiger partial charge in [0.25, 0.3) is 0 Å². The lowest BCUT2D eigenvalue weighted by Gasteiger charge is -2.03. The Bertz CT molecular complexity index is 715. The highest BCUT2D eigenvalue weighted by molar-refractivity contribution is 5.92. The maximum absolute atomic E-state index is 5.25. The Morgan fingerprint density at radius 1 is 1.20 bits per heavy atom. The first-order chi connectivity index (χ1) is 9.74. The fourth-order valence-corrected chi connectivity index (χ4v) is 2.01. The highest BCUT2D eigenvalue weighted by Crippen LogP contribution is 2.23. The molecule has 2 aromatic heterocycles. The molecule has 0 unspecified atom stereocenters. The number of fused-ring (bicyclic) bond motifs is 1. The van der Waals surface area contributed by atoms with Gasteiger partial charge in [0.05, 0.1) is 6.54 Å². The number of benzene rings is 1. The van der Waals surface area contributed by atoms with Crippen molar-refractivity contribution in [2.75, 3.05) is 0 Å². The van der Waals surface area contributed by atoms with Gasteiger partial charge in [-0.2, -0.15) is 4.98 Å². The van der Waals surface area contributed by atoms with E-state index in [-0.39, 0.29) is 0 Å². The molecule has 3 rings (SSSR count). The predicted octanol–water partition coefficient (Wildman–Crippen LogP) is 2.78. The van der Waals surface area contributed by atoms with E-state index in [0.29, 0.717) is 24.3 Å². The van der Waals surface area contributed by atoms with Crippen molar-refractivity contribution in [2.24, 2.45) is 0 Å². The molecule has 0 saturated heterocycles. The van der Waals surface area contributed by atoms with Gasteiger partial charge in [-0.25, -0.2) is 0 Å². The summed E-state index contributed by atoms with van der Waals surface area (Å²) in [5.74, 6) is 1.10. The third kappa shape index (κ3) is 2.53. The molecule has 0 fully saturated rings. The largest absolute Gasteiger partial charge is 0.337 e. The molecule has 5 nitrogen and oxygen atoms in total. The van der Waals surface area contributed by atoms with E-state index in [2.05, 4.69) is 34.3 Å². The zero-order valence-electron chi connectivity index (χ0n) is 11.5. The molecule has 0 radical (unpaired) electrons. The van der Waals surface area contributed by atoms with E-state index >= 15 is 0 Å². The quantitative estimate of drug-likeness (QED) is 0.788. The number of nitrogens with zero attached hydrogens (tertiary/aromatic N) is 3. The maximum Gasteiger partial charge on any atom is 0.240 e. The lowest BCUT2D eigenvalue weighted by molar-refractivity contribution is 0.362. The summed E-state index contributed by atoms with van der Waals surface area (Å²) in [4.78, 5) is 8.78. The maximum atomic E-state index is 5.25. The monoisotopic (exact) mass is 268 g/mol. The SMILES string of the molecule is CC(C)NCc1nc(-c2nccc3ccccc23)no1. The highest BCUT2D eigenvalue weighted by atomic mass is 16.5. The molecule has 1 N–H and O–H groups in total. The van der Waals surface area contributed by atoms with Gasteiger partial charge in [0, 0.05) is 17.6 Å². The Labute approximate surface area is 117 Å². The third-order valence-corrected chi connectivity index (χ3v) is 3.02. The second-order valence-electron chi connectivity index (χ2n) is 4.93. The first-order valence-electron chi connectivity index (χ1n) is 6.64. The van der Waals surface area contributed by atoms with E-state index in [4.69, 9.17) is 4.52 Å². The molecule has 1 aromatic carbocycles. The summed E-state index contributed by atoms with van der Waals surface area (Å²) in [5.41, 5.74) is 0.752. The van der Waals surface area contributed by atoms with E-state index in [1.54, 1.807) is 6.20 Å². The van der Waals surface area contributed by atoms with Gasteiger partial charge in [-0.1, -0.05) is 43.3 Å². The van der Waals surface area contributed by atoms with Crippen LogP contribution in [0.4, 0.5) is 0 Å². The molecule has 0 aliphatic rings. The fourth-order valence-electron chi connectivity index (χ4n) is 2.01. The van der Waals surface area contributed by atoms with Crippen molar-refractivity contribution in [1.82, 2.24) is 20.4 Å². The van der Waals surface area contributed by atoms with Gasteiger partial charge in [-0.05, 0) is 11.5 Å². The van der Waals surface area contributed by atoms with Gasteiger partial charge >= 0.3 is 0 Å². The van der Waals surface area contributed by atoms with Crippen LogP contribution in [0.3, 0.4) is 0 Å². The van der Waals surface area contributed by atoms with Gasteiger partial charge in [0.15, 0.2) is 0 Å². The van der Waals surface area contributed by atoms with Crippen LogP contribution < -0.4 is 5.32 Å². The minimum Gasteiger partial charge on any atom is -0.337 e. The summed E-state index contributed by atoms with van der Waals surface area (Å²) in [7, 11) is 0. The van der Waals surface area contributed by atoms with Crippen molar-refractivity contribution >= 4 is 10.8 Å². The van der Waals surface area contributed by atoms with Crippen LogP contribution >= 0.6 is 0 Å². The van der Waals surface area contributed by atoms with Crippen molar-refractivity contribution in [1.29, 1.82) is 0 Å². The average molecular weight is 268 g/mol. The fraction of sp³-hybridized carbons (Fsp3) is 0.267. The number of nitrogens with one attached hydrogen (secondary N) is 1. The van der Waals surface area contributed by atoms with Crippen molar-refractivity contribution < 1.29 is 4.52 Å². The van der Waals surface area contributed by atoms with E-state index in [9.17, 15) is 0 Å². The number of hydrogen-bond acceptors (Lipinski definition) is 5. The van der Waals surface area contributed by atoms with E-state index in [1.807, 2.05) is 30.3 Å². The Hall–Kier alpha value is -2.27. The first-order valence-corrected chi connectivity index (χ1v) is 6.64. The Kier molecular flexibility index (Phi) is 3.43. The van der Waals surface area contributed by atoms with Crippen LogP contribution in [0.1, 0.15) is 19.7 Å². The van der Waals surface area contributed by atoms with Gasteiger partial charge in [-0.3, -0.25) is 4.98 Å². The molecule has 0 bridgehead atoms. The van der Waals surface area contributed by atoms with Crippen LogP contribution in [0, 0.1) is 0 Å². The van der Waals surface area contributed by atoms with Crippen molar-refractivity contribution in [3.05, 3.63) is 42.4 Å².